The van der Waals surface area contributed by atoms with E-state index in [9.17, 15) is 0 Å². The Bertz CT molecular complexity index is 822. The molecule has 2 fully saturated rings. The van der Waals surface area contributed by atoms with Crippen LogP contribution < -0.4 is 10.6 Å². The van der Waals surface area contributed by atoms with Gasteiger partial charge in [-0.05, 0) is 50.2 Å². The fourth-order valence-electron chi connectivity index (χ4n) is 6.73. The molecule has 4 heterocycles. The number of nitrogens with zero attached hydrogens (tertiary/aromatic N) is 2. The Balaban J connectivity index is 1.68. The standard InChI is InChI=1S/C22H26N4/c1-25-13-11-21(15-7-3-5-9-17(15)23-19(21)25)22-12-14-26(2)20(22)24-18-10-6-4-8-16(18)22/h3-10,19-20,23-24H,11-14H2,1-2H3/t19-,20-,21?,22?/m1/s1. The molecule has 134 valence electrons. The maximum atomic E-state index is 3.90. The molecule has 2 unspecified atom stereocenters. The lowest BCUT2D eigenvalue weighted by Gasteiger charge is -2.48. The average molecular weight is 346 g/mol. The van der Waals surface area contributed by atoms with Crippen LogP contribution in [0.3, 0.4) is 0 Å². The molecule has 4 nitrogen and oxygen atoms in total. The molecule has 0 bridgehead atoms. The monoisotopic (exact) mass is 346 g/mol. The van der Waals surface area contributed by atoms with Crippen molar-refractivity contribution in [1.82, 2.24) is 9.80 Å². The second-order valence-corrected chi connectivity index (χ2v) is 8.59. The van der Waals surface area contributed by atoms with Crippen molar-refractivity contribution in [1.29, 1.82) is 0 Å². The van der Waals surface area contributed by atoms with Crippen molar-refractivity contribution in [3.05, 3.63) is 59.7 Å². The highest BCUT2D eigenvalue weighted by atomic mass is 15.4. The van der Waals surface area contributed by atoms with Crippen LogP contribution in [0, 0.1) is 0 Å². The smallest absolute Gasteiger partial charge is 0.0901 e. The molecule has 0 amide bonds. The number of nitrogens with one attached hydrogen (secondary N) is 2. The summed E-state index contributed by atoms with van der Waals surface area (Å²) in [5, 5.41) is 7.79. The van der Waals surface area contributed by atoms with Gasteiger partial charge in [-0.25, -0.2) is 0 Å². The molecule has 0 radical (unpaired) electrons. The van der Waals surface area contributed by atoms with Crippen LogP contribution in [-0.2, 0) is 10.8 Å². The fraction of sp³-hybridized carbons (Fsp3) is 0.455. The molecule has 4 aliphatic heterocycles. The lowest BCUT2D eigenvalue weighted by Crippen LogP contribution is -2.60. The number of hydrogen-bond donors (Lipinski definition) is 2. The number of para-hydroxylation sites is 2. The van der Waals surface area contributed by atoms with Crippen molar-refractivity contribution in [2.24, 2.45) is 0 Å². The summed E-state index contributed by atoms with van der Waals surface area (Å²) in [6.07, 6.45) is 3.14. The summed E-state index contributed by atoms with van der Waals surface area (Å²) in [7, 11) is 4.56. The number of rotatable bonds is 1. The van der Waals surface area contributed by atoms with Crippen molar-refractivity contribution in [3.63, 3.8) is 0 Å². The van der Waals surface area contributed by atoms with Crippen molar-refractivity contribution in [2.45, 2.75) is 36.0 Å². The van der Waals surface area contributed by atoms with Gasteiger partial charge >= 0.3 is 0 Å². The molecule has 4 atom stereocenters. The summed E-state index contributed by atoms with van der Waals surface area (Å²) in [5.74, 6) is 0. The van der Waals surface area contributed by atoms with E-state index in [-0.39, 0.29) is 10.8 Å². The van der Waals surface area contributed by atoms with Crippen LogP contribution in [0.5, 0.6) is 0 Å². The summed E-state index contributed by atoms with van der Waals surface area (Å²) >= 11 is 0. The van der Waals surface area contributed by atoms with Crippen LogP contribution >= 0.6 is 0 Å². The zero-order valence-electron chi connectivity index (χ0n) is 15.5. The van der Waals surface area contributed by atoms with Gasteiger partial charge in [0.2, 0.25) is 0 Å². The van der Waals surface area contributed by atoms with Crippen LogP contribution in [0.25, 0.3) is 0 Å². The molecule has 4 aliphatic rings. The first-order valence-corrected chi connectivity index (χ1v) is 9.81. The Morgan fingerprint density at radius 1 is 0.731 bits per heavy atom. The van der Waals surface area contributed by atoms with E-state index in [1.807, 2.05) is 0 Å². The first-order chi connectivity index (χ1) is 12.7. The minimum atomic E-state index is 0.105. The first kappa shape index (κ1) is 15.1. The highest BCUT2D eigenvalue weighted by Crippen LogP contribution is 2.65. The van der Waals surface area contributed by atoms with Gasteiger partial charge < -0.3 is 10.6 Å². The van der Waals surface area contributed by atoms with E-state index >= 15 is 0 Å². The normalized spacial score (nSPS) is 37.6. The van der Waals surface area contributed by atoms with Crippen molar-refractivity contribution < 1.29 is 0 Å². The fourth-order valence-corrected chi connectivity index (χ4v) is 6.73. The molecule has 2 aromatic rings. The van der Waals surface area contributed by atoms with E-state index in [4.69, 9.17) is 0 Å². The van der Waals surface area contributed by atoms with Gasteiger partial charge in [-0.2, -0.15) is 0 Å². The van der Waals surface area contributed by atoms with Gasteiger partial charge in [0.25, 0.3) is 0 Å². The summed E-state index contributed by atoms with van der Waals surface area (Å²) < 4.78 is 0. The lowest BCUT2D eigenvalue weighted by atomic mass is 9.55. The molecule has 4 heteroatoms. The van der Waals surface area contributed by atoms with Gasteiger partial charge in [-0.3, -0.25) is 9.80 Å². The van der Waals surface area contributed by atoms with E-state index in [1.54, 1.807) is 0 Å². The first-order valence-electron chi connectivity index (χ1n) is 9.81. The van der Waals surface area contributed by atoms with Gasteiger partial charge in [0.15, 0.2) is 0 Å². The topological polar surface area (TPSA) is 30.5 Å². The molecule has 2 N–H and O–H groups in total. The molecule has 0 aromatic heterocycles. The Hall–Kier alpha value is -2.04. The highest BCUT2D eigenvalue weighted by molar-refractivity contribution is 5.72. The molecule has 0 saturated carbocycles. The third-order valence-electron chi connectivity index (χ3n) is 7.73. The number of benzene rings is 2. The zero-order valence-corrected chi connectivity index (χ0v) is 15.5. The van der Waals surface area contributed by atoms with Crippen LogP contribution in [0.4, 0.5) is 11.4 Å². The molecule has 6 rings (SSSR count). The van der Waals surface area contributed by atoms with E-state index in [0.717, 1.165) is 13.1 Å². The summed E-state index contributed by atoms with van der Waals surface area (Å²) in [6.45, 7) is 2.29. The predicted molar refractivity (Wildman–Crippen MR) is 106 cm³/mol. The number of likely N-dealkylation sites (tertiary alicyclic amines) is 2. The van der Waals surface area contributed by atoms with Crippen molar-refractivity contribution in [3.8, 4) is 0 Å². The summed E-state index contributed by atoms with van der Waals surface area (Å²) in [5.41, 5.74) is 5.91. The minimum absolute atomic E-state index is 0.105. The zero-order chi connectivity index (χ0) is 17.5. The SMILES string of the molecule is CN1CCC2(C34CCN(C)[C@H]3Nc3ccccc34)c3ccccc3N[C@H]12. The second kappa shape index (κ2) is 4.81. The number of fused-ring (bicyclic) bond motifs is 7. The van der Waals surface area contributed by atoms with Crippen LogP contribution in [-0.4, -0.2) is 49.3 Å². The molecule has 2 saturated heterocycles. The summed E-state index contributed by atoms with van der Waals surface area (Å²) in [4.78, 5) is 5.07. The number of likely N-dealkylation sites (N-methyl/N-ethyl adjacent to an activating group) is 2. The van der Waals surface area contributed by atoms with E-state index in [1.165, 1.54) is 35.3 Å². The van der Waals surface area contributed by atoms with Gasteiger partial charge in [-0.1, -0.05) is 36.4 Å². The lowest BCUT2D eigenvalue weighted by molar-refractivity contribution is 0.147. The quantitative estimate of drug-likeness (QED) is 0.831. The largest absolute Gasteiger partial charge is 0.369 e. The average Bonchev–Trinajstić information content (AvgIpc) is 3.36. The second-order valence-electron chi connectivity index (χ2n) is 8.59. The van der Waals surface area contributed by atoms with Crippen LogP contribution in [0.1, 0.15) is 24.0 Å². The Kier molecular flexibility index (Phi) is 2.79. The van der Waals surface area contributed by atoms with E-state index < -0.39 is 0 Å². The molecule has 0 spiro atoms. The van der Waals surface area contributed by atoms with Crippen molar-refractivity contribution in [2.75, 3.05) is 37.8 Å². The maximum absolute atomic E-state index is 3.90. The van der Waals surface area contributed by atoms with Gasteiger partial charge in [-0.15, -0.1) is 0 Å². The van der Waals surface area contributed by atoms with E-state index in [0.29, 0.717) is 12.3 Å². The van der Waals surface area contributed by atoms with Crippen LogP contribution in [0.15, 0.2) is 48.5 Å². The minimum Gasteiger partial charge on any atom is -0.369 e. The van der Waals surface area contributed by atoms with Crippen molar-refractivity contribution >= 4 is 11.4 Å². The third-order valence-corrected chi connectivity index (χ3v) is 7.73. The Morgan fingerprint density at radius 3 is 1.62 bits per heavy atom. The van der Waals surface area contributed by atoms with Gasteiger partial charge in [0.1, 0.15) is 0 Å². The molecule has 26 heavy (non-hydrogen) atoms. The number of anilines is 2. The number of hydrogen-bond acceptors (Lipinski definition) is 4. The predicted octanol–water partition coefficient (Wildman–Crippen LogP) is 3.04. The van der Waals surface area contributed by atoms with E-state index in [2.05, 4.69) is 83.1 Å². The summed E-state index contributed by atoms with van der Waals surface area (Å²) in [6, 6.07) is 18.1. The molecule has 2 aromatic carbocycles. The van der Waals surface area contributed by atoms with Crippen LogP contribution in [0.2, 0.25) is 0 Å². The third kappa shape index (κ3) is 1.47. The Labute approximate surface area is 155 Å². The Morgan fingerprint density at radius 2 is 1.15 bits per heavy atom. The van der Waals surface area contributed by atoms with Gasteiger partial charge in [0, 0.05) is 35.3 Å². The highest BCUT2D eigenvalue weighted by Gasteiger charge is 2.70. The molecule has 0 aliphatic carbocycles. The molecular formula is C22H26N4. The molecular weight excluding hydrogens is 320 g/mol. The van der Waals surface area contributed by atoms with Gasteiger partial charge in [0.05, 0.1) is 12.3 Å². The maximum Gasteiger partial charge on any atom is 0.0901 e.